The predicted molar refractivity (Wildman–Crippen MR) is 136 cm³/mol. The van der Waals surface area contributed by atoms with Gasteiger partial charge in [-0.1, -0.05) is 30.3 Å². The molecule has 3 aromatic rings. The quantitative estimate of drug-likeness (QED) is 0.308. The molecule has 1 saturated carbocycles. The van der Waals surface area contributed by atoms with E-state index < -0.39 is 5.91 Å². The second-order valence-electron chi connectivity index (χ2n) is 9.94. The number of piperidine rings is 1. The summed E-state index contributed by atoms with van der Waals surface area (Å²) in [5.74, 6) is 0.898. The number of para-hydroxylation sites is 1. The van der Waals surface area contributed by atoms with Crippen LogP contribution in [0.15, 0.2) is 67.0 Å². The van der Waals surface area contributed by atoms with Gasteiger partial charge in [-0.3, -0.25) is 10.0 Å². The Morgan fingerprint density at radius 1 is 1.06 bits per heavy atom. The summed E-state index contributed by atoms with van der Waals surface area (Å²) in [7, 11) is 0. The molecule has 0 bridgehead atoms. The van der Waals surface area contributed by atoms with Crippen molar-refractivity contribution >= 4 is 5.91 Å². The van der Waals surface area contributed by atoms with Gasteiger partial charge in [-0.25, -0.2) is 10.2 Å². The molecular weight excluding hydrogens is 438 g/mol. The van der Waals surface area contributed by atoms with Crippen molar-refractivity contribution in [3.8, 4) is 5.69 Å². The van der Waals surface area contributed by atoms with Crippen molar-refractivity contribution in [3.63, 3.8) is 0 Å². The van der Waals surface area contributed by atoms with E-state index >= 15 is 0 Å². The van der Waals surface area contributed by atoms with Crippen LogP contribution in [0, 0.1) is 5.92 Å². The van der Waals surface area contributed by atoms with Crippen molar-refractivity contribution in [2.75, 3.05) is 26.2 Å². The largest absolute Gasteiger partial charge is 0.313 e. The van der Waals surface area contributed by atoms with E-state index in [4.69, 9.17) is 5.21 Å². The van der Waals surface area contributed by atoms with Crippen molar-refractivity contribution in [2.24, 2.45) is 5.92 Å². The summed E-state index contributed by atoms with van der Waals surface area (Å²) < 4.78 is 1.98. The summed E-state index contributed by atoms with van der Waals surface area (Å²) in [5, 5.41) is 17.1. The molecule has 7 heteroatoms. The van der Waals surface area contributed by atoms with Gasteiger partial charge >= 0.3 is 0 Å². The molecule has 184 valence electrons. The molecule has 0 radical (unpaired) electrons. The lowest BCUT2D eigenvalue weighted by atomic mass is 9.96. The molecule has 1 amide bonds. The molecule has 3 N–H and O–H groups in total. The van der Waals surface area contributed by atoms with Crippen LogP contribution >= 0.6 is 0 Å². The van der Waals surface area contributed by atoms with Crippen molar-refractivity contribution in [1.29, 1.82) is 0 Å². The fourth-order valence-electron chi connectivity index (χ4n) is 5.17. The molecule has 2 heterocycles. The van der Waals surface area contributed by atoms with Crippen molar-refractivity contribution < 1.29 is 10.0 Å². The summed E-state index contributed by atoms with van der Waals surface area (Å²) in [6.45, 7) is 4.60. The minimum atomic E-state index is -0.467. The number of nitrogens with zero attached hydrogens (tertiary/aromatic N) is 3. The highest BCUT2D eigenvalue weighted by atomic mass is 16.5. The van der Waals surface area contributed by atoms with Gasteiger partial charge in [0.15, 0.2) is 0 Å². The Labute approximate surface area is 207 Å². The Bertz CT molecular complexity index is 1090. The summed E-state index contributed by atoms with van der Waals surface area (Å²) in [5.41, 5.74) is 5.83. The molecule has 2 fully saturated rings. The van der Waals surface area contributed by atoms with Gasteiger partial charge in [0, 0.05) is 23.7 Å². The van der Waals surface area contributed by atoms with Gasteiger partial charge in [-0.15, -0.1) is 0 Å². The average molecular weight is 474 g/mol. The number of carbonyl (C=O) groups excluding carboxylic acids is 1. The number of carbonyl (C=O) groups is 1. The molecule has 2 atom stereocenters. The van der Waals surface area contributed by atoms with Crippen LogP contribution in [0.25, 0.3) is 5.69 Å². The lowest BCUT2D eigenvalue weighted by Crippen LogP contribution is -2.38. The number of hydrogen-bond donors (Lipinski definition) is 3. The molecule has 2 aliphatic rings. The fraction of sp³-hybridized carbons (Fsp3) is 0.429. The van der Waals surface area contributed by atoms with Gasteiger partial charge in [0.05, 0.1) is 11.9 Å². The SMILES string of the molecule is O=C(NO)c1ccc(CCCN2CCC(CNC3CC3c3cnn(-c4ccccc4)c3)CC2)cc1. The van der Waals surface area contributed by atoms with Crippen LogP contribution in [0.3, 0.4) is 0 Å². The van der Waals surface area contributed by atoms with E-state index in [1.807, 2.05) is 41.2 Å². The number of hydroxylamine groups is 1. The summed E-state index contributed by atoms with van der Waals surface area (Å²) in [6.07, 6.45) is 10.1. The van der Waals surface area contributed by atoms with Crippen molar-refractivity contribution in [1.82, 2.24) is 25.5 Å². The molecule has 1 aliphatic carbocycles. The van der Waals surface area contributed by atoms with Gasteiger partial charge in [-0.2, -0.15) is 5.10 Å². The van der Waals surface area contributed by atoms with Crippen LogP contribution in [0.2, 0.25) is 0 Å². The Balaban J connectivity index is 0.973. The average Bonchev–Trinajstić information content (AvgIpc) is 3.52. The number of aromatic nitrogens is 2. The maximum Gasteiger partial charge on any atom is 0.274 e. The standard InChI is InChI=1S/C28H35N5O2/c34-28(31-35)23-10-8-21(9-11-23)5-4-14-32-15-12-22(13-16-32)18-29-27-17-26(27)24-19-30-33(20-24)25-6-2-1-3-7-25/h1-3,6-11,19-20,22,26-27,29,35H,4-5,12-18H2,(H,31,34). The lowest BCUT2D eigenvalue weighted by Gasteiger charge is -2.32. The Hall–Kier alpha value is -3.00. The maximum absolute atomic E-state index is 11.4. The first-order valence-electron chi connectivity index (χ1n) is 12.8. The third kappa shape index (κ3) is 6.17. The molecule has 1 aliphatic heterocycles. The summed E-state index contributed by atoms with van der Waals surface area (Å²) in [6, 6.07) is 18.4. The van der Waals surface area contributed by atoms with Crippen molar-refractivity contribution in [2.45, 2.75) is 44.1 Å². The zero-order chi connectivity index (χ0) is 24.0. The Morgan fingerprint density at radius 3 is 2.57 bits per heavy atom. The molecule has 1 aromatic heterocycles. The third-order valence-corrected chi connectivity index (χ3v) is 7.48. The number of nitrogens with one attached hydrogen (secondary N) is 2. The maximum atomic E-state index is 11.4. The van der Waals surface area contributed by atoms with Gasteiger partial charge in [0.1, 0.15) is 0 Å². The van der Waals surface area contributed by atoms with Crippen LogP contribution < -0.4 is 10.8 Å². The molecule has 0 spiro atoms. The second-order valence-corrected chi connectivity index (χ2v) is 9.94. The highest BCUT2D eigenvalue weighted by molar-refractivity contribution is 5.93. The van der Waals surface area contributed by atoms with E-state index in [9.17, 15) is 4.79 Å². The zero-order valence-corrected chi connectivity index (χ0v) is 20.1. The van der Waals surface area contributed by atoms with Crippen LogP contribution in [0.5, 0.6) is 0 Å². The van der Waals surface area contributed by atoms with Crippen LogP contribution in [-0.2, 0) is 6.42 Å². The van der Waals surface area contributed by atoms with E-state index in [0.717, 1.165) is 37.5 Å². The van der Waals surface area contributed by atoms with Crippen LogP contribution in [0.4, 0.5) is 0 Å². The monoisotopic (exact) mass is 473 g/mol. The van der Waals surface area contributed by atoms with E-state index in [-0.39, 0.29) is 0 Å². The molecule has 2 aromatic carbocycles. The normalized spacial score (nSPS) is 20.6. The van der Waals surface area contributed by atoms with Gasteiger partial charge in [-0.05, 0) is 99.6 Å². The van der Waals surface area contributed by atoms with E-state index in [1.165, 1.54) is 43.5 Å². The number of likely N-dealkylation sites (tertiary alicyclic amines) is 1. The number of hydrogen-bond acceptors (Lipinski definition) is 5. The molecule has 7 nitrogen and oxygen atoms in total. The molecule has 5 rings (SSSR count). The summed E-state index contributed by atoms with van der Waals surface area (Å²) in [4.78, 5) is 14.0. The van der Waals surface area contributed by atoms with Crippen LogP contribution in [0.1, 0.15) is 53.1 Å². The summed E-state index contributed by atoms with van der Waals surface area (Å²) >= 11 is 0. The fourth-order valence-corrected chi connectivity index (χ4v) is 5.17. The van der Waals surface area contributed by atoms with Gasteiger partial charge in [0.25, 0.3) is 5.91 Å². The van der Waals surface area contributed by atoms with Gasteiger partial charge in [0.2, 0.25) is 0 Å². The van der Waals surface area contributed by atoms with Crippen molar-refractivity contribution in [3.05, 3.63) is 83.7 Å². The minimum absolute atomic E-state index is 0.467. The molecule has 1 saturated heterocycles. The lowest BCUT2D eigenvalue weighted by molar-refractivity contribution is 0.0706. The Morgan fingerprint density at radius 2 is 1.83 bits per heavy atom. The molecule has 35 heavy (non-hydrogen) atoms. The zero-order valence-electron chi connectivity index (χ0n) is 20.1. The number of rotatable bonds is 10. The number of aryl methyl sites for hydroxylation is 1. The smallest absolute Gasteiger partial charge is 0.274 e. The minimum Gasteiger partial charge on any atom is -0.313 e. The van der Waals surface area contributed by atoms with Crippen LogP contribution in [-0.4, -0.2) is 58.0 Å². The predicted octanol–water partition coefficient (Wildman–Crippen LogP) is 3.78. The first-order chi connectivity index (χ1) is 17.2. The highest BCUT2D eigenvalue weighted by Gasteiger charge is 2.39. The third-order valence-electron chi connectivity index (χ3n) is 7.48. The molecule has 2 unspecified atom stereocenters. The Kier molecular flexibility index (Phi) is 7.57. The van der Waals surface area contributed by atoms with E-state index in [1.54, 1.807) is 17.6 Å². The highest BCUT2D eigenvalue weighted by Crippen LogP contribution is 2.41. The second kappa shape index (κ2) is 11.2. The first kappa shape index (κ1) is 23.7. The first-order valence-corrected chi connectivity index (χ1v) is 12.8. The number of amides is 1. The number of benzene rings is 2. The molecular formula is C28H35N5O2. The van der Waals surface area contributed by atoms with Gasteiger partial charge < -0.3 is 10.2 Å². The van der Waals surface area contributed by atoms with E-state index in [2.05, 4.69) is 33.6 Å². The topological polar surface area (TPSA) is 82.4 Å². The van der Waals surface area contributed by atoms with E-state index in [0.29, 0.717) is 17.5 Å².